The van der Waals surface area contributed by atoms with Crippen LogP contribution in [0.1, 0.15) is 30.7 Å². The first-order valence-corrected chi connectivity index (χ1v) is 13.6. The van der Waals surface area contributed by atoms with Gasteiger partial charge in [0.25, 0.3) is 5.91 Å². The van der Waals surface area contributed by atoms with Gasteiger partial charge in [-0.2, -0.15) is 5.10 Å². The van der Waals surface area contributed by atoms with E-state index in [1.807, 2.05) is 58.5 Å². The van der Waals surface area contributed by atoms with Crippen molar-refractivity contribution in [2.45, 2.75) is 39.8 Å². The van der Waals surface area contributed by atoms with E-state index in [4.69, 9.17) is 21.4 Å². The Labute approximate surface area is 227 Å². The summed E-state index contributed by atoms with van der Waals surface area (Å²) >= 11 is 7.76. The van der Waals surface area contributed by atoms with Gasteiger partial charge in [-0.1, -0.05) is 37.6 Å². The fourth-order valence-corrected chi connectivity index (χ4v) is 6.53. The maximum Gasteiger partial charge on any atom is 0.252 e. The molecule has 2 aromatic heterocycles. The number of rotatable bonds is 8. The Balaban J connectivity index is 1.38. The molecule has 37 heavy (non-hydrogen) atoms. The third kappa shape index (κ3) is 4.98. The standard InChI is InChI=1S/C28H32ClN5O2S/c1-18(2)26-28(35)34(17-20-6-9-23(36-5)10-7-20)37-33(26)15-13-24-19(3)30-31(4)27(24)32-14-12-21-16-22(29)8-11-25(21)32/h6-12,14,16,18,26H,13,15,17H2,1-5H3/t26-/m1/s1. The van der Waals surface area contributed by atoms with E-state index in [0.29, 0.717) is 6.54 Å². The molecule has 0 aliphatic carbocycles. The maximum absolute atomic E-state index is 13.4. The van der Waals surface area contributed by atoms with Crippen molar-refractivity contribution in [2.75, 3.05) is 13.7 Å². The number of halogens is 1. The van der Waals surface area contributed by atoms with E-state index in [1.54, 1.807) is 7.11 Å². The molecule has 0 N–H and O–H groups in total. The third-order valence-electron chi connectivity index (χ3n) is 6.91. The Morgan fingerprint density at radius 1 is 1.14 bits per heavy atom. The molecule has 3 heterocycles. The Morgan fingerprint density at radius 3 is 2.59 bits per heavy atom. The van der Waals surface area contributed by atoms with E-state index in [1.165, 1.54) is 17.7 Å². The molecular weight excluding hydrogens is 506 g/mol. The van der Waals surface area contributed by atoms with Gasteiger partial charge in [-0.15, -0.1) is 0 Å². The molecule has 2 aromatic carbocycles. The first kappa shape index (κ1) is 25.7. The van der Waals surface area contributed by atoms with Crippen LogP contribution in [0.2, 0.25) is 5.02 Å². The first-order valence-electron chi connectivity index (χ1n) is 12.4. The largest absolute Gasteiger partial charge is 0.497 e. The second-order valence-corrected chi connectivity index (χ2v) is 11.3. The zero-order valence-corrected chi connectivity index (χ0v) is 23.4. The van der Waals surface area contributed by atoms with Crippen molar-refractivity contribution in [3.05, 3.63) is 76.6 Å². The molecule has 9 heteroatoms. The first-order chi connectivity index (χ1) is 17.8. The fraction of sp³-hybridized carbons (Fsp3) is 0.357. The number of amides is 1. The van der Waals surface area contributed by atoms with Crippen molar-refractivity contribution in [1.29, 1.82) is 0 Å². The van der Waals surface area contributed by atoms with Crippen LogP contribution in [0, 0.1) is 12.8 Å². The Bertz CT molecular complexity index is 1430. The third-order valence-corrected chi connectivity index (χ3v) is 8.27. The normalized spacial score (nSPS) is 16.5. The number of aryl methyl sites for hydroxylation is 2. The molecule has 1 aliphatic rings. The second kappa shape index (κ2) is 10.4. The number of carbonyl (C=O) groups excluding carboxylic acids is 1. The molecule has 0 bridgehead atoms. The van der Waals surface area contributed by atoms with E-state index >= 15 is 0 Å². The van der Waals surface area contributed by atoms with Gasteiger partial charge in [0.05, 0.1) is 24.9 Å². The molecule has 1 amide bonds. The summed E-state index contributed by atoms with van der Waals surface area (Å²) in [6.07, 6.45) is 2.85. The summed E-state index contributed by atoms with van der Waals surface area (Å²) < 4.78 is 13.5. The summed E-state index contributed by atoms with van der Waals surface area (Å²) in [6.45, 7) is 7.58. The van der Waals surface area contributed by atoms with Crippen LogP contribution in [0.25, 0.3) is 16.7 Å². The number of carbonyl (C=O) groups is 1. The molecule has 1 aliphatic heterocycles. The van der Waals surface area contributed by atoms with Crippen LogP contribution in [0.4, 0.5) is 0 Å². The average molecular weight is 538 g/mol. The molecule has 1 saturated heterocycles. The average Bonchev–Trinajstić information content (AvgIpc) is 3.50. The van der Waals surface area contributed by atoms with Crippen LogP contribution >= 0.6 is 23.7 Å². The zero-order chi connectivity index (χ0) is 26.3. The van der Waals surface area contributed by atoms with Crippen molar-refractivity contribution < 1.29 is 9.53 Å². The Morgan fingerprint density at radius 2 is 1.89 bits per heavy atom. The van der Waals surface area contributed by atoms with Crippen molar-refractivity contribution in [2.24, 2.45) is 13.0 Å². The number of benzene rings is 2. The molecule has 194 valence electrons. The number of aromatic nitrogens is 3. The topological polar surface area (TPSA) is 55.5 Å². The molecule has 5 rings (SSSR count). The molecule has 0 unspecified atom stereocenters. The summed E-state index contributed by atoms with van der Waals surface area (Å²) in [5.74, 6) is 2.22. The van der Waals surface area contributed by atoms with Crippen LogP contribution in [-0.2, 0) is 24.8 Å². The molecule has 1 fully saturated rings. The van der Waals surface area contributed by atoms with Crippen LogP contribution in [0.3, 0.4) is 0 Å². The van der Waals surface area contributed by atoms with E-state index in [2.05, 4.69) is 41.9 Å². The van der Waals surface area contributed by atoms with E-state index in [0.717, 1.165) is 51.7 Å². The van der Waals surface area contributed by atoms with Crippen molar-refractivity contribution in [1.82, 2.24) is 23.0 Å². The number of fused-ring (bicyclic) bond motifs is 1. The summed E-state index contributed by atoms with van der Waals surface area (Å²) in [4.78, 5) is 13.4. The van der Waals surface area contributed by atoms with Gasteiger partial charge in [0.1, 0.15) is 17.6 Å². The predicted octanol–water partition coefficient (Wildman–Crippen LogP) is 5.81. The van der Waals surface area contributed by atoms with Gasteiger partial charge in [0.2, 0.25) is 0 Å². The molecule has 0 radical (unpaired) electrons. The molecule has 4 aromatic rings. The van der Waals surface area contributed by atoms with Gasteiger partial charge >= 0.3 is 0 Å². The zero-order valence-electron chi connectivity index (χ0n) is 21.8. The Kier molecular flexibility index (Phi) is 7.25. The number of hydrogen-bond acceptors (Lipinski definition) is 5. The highest BCUT2D eigenvalue weighted by atomic mass is 35.5. The predicted molar refractivity (Wildman–Crippen MR) is 150 cm³/mol. The van der Waals surface area contributed by atoms with Crippen LogP contribution in [0.15, 0.2) is 54.7 Å². The van der Waals surface area contributed by atoms with Crippen molar-refractivity contribution in [3.63, 3.8) is 0 Å². The van der Waals surface area contributed by atoms with Crippen molar-refractivity contribution >= 4 is 40.5 Å². The maximum atomic E-state index is 13.4. The second-order valence-electron chi connectivity index (χ2n) is 9.78. The quantitative estimate of drug-likeness (QED) is 0.265. The fourth-order valence-electron chi connectivity index (χ4n) is 5.09. The lowest BCUT2D eigenvalue weighted by atomic mass is 10.0. The van der Waals surface area contributed by atoms with Crippen molar-refractivity contribution in [3.8, 4) is 11.6 Å². The van der Waals surface area contributed by atoms with Gasteiger partial charge < -0.3 is 9.30 Å². The molecular formula is C28H32ClN5O2S. The van der Waals surface area contributed by atoms with Crippen LogP contribution < -0.4 is 4.74 Å². The highest BCUT2D eigenvalue weighted by Gasteiger charge is 2.41. The lowest BCUT2D eigenvalue weighted by molar-refractivity contribution is -0.129. The van der Waals surface area contributed by atoms with E-state index in [9.17, 15) is 4.79 Å². The minimum absolute atomic E-state index is 0.159. The number of hydrogen-bond donors (Lipinski definition) is 0. The number of ether oxygens (including phenoxy) is 1. The van der Waals surface area contributed by atoms with Crippen LogP contribution in [0.5, 0.6) is 5.75 Å². The van der Waals surface area contributed by atoms with Gasteiger partial charge in [-0.05, 0) is 61.2 Å². The summed E-state index contributed by atoms with van der Waals surface area (Å²) in [7, 11) is 3.64. The molecule has 1 atom stereocenters. The van der Waals surface area contributed by atoms with Crippen LogP contribution in [-0.4, -0.2) is 48.6 Å². The smallest absolute Gasteiger partial charge is 0.252 e. The molecule has 0 saturated carbocycles. The Hall–Kier alpha value is -2.94. The lowest BCUT2D eigenvalue weighted by Crippen LogP contribution is -2.38. The van der Waals surface area contributed by atoms with E-state index in [-0.39, 0.29) is 17.9 Å². The number of nitrogens with zero attached hydrogens (tertiary/aromatic N) is 5. The van der Waals surface area contributed by atoms with E-state index < -0.39 is 0 Å². The summed E-state index contributed by atoms with van der Waals surface area (Å²) in [6, 6.07) is 15.7. The molecule has 7 nitrogen and oxygen atoms in total. The minimum atomic E-state index is -0.168. The summed E-state index contributed by atoms with van der Waals surface area (Å²) in [5.41, 5.74) is 4.35. The minimum Gasteiger partial charge on any atom is -0.497 e. The summed E-state index contributed by atoms with van der Waals surface area (Å²) in [5, 5.41) is 6.56. The van der Waals surface area contributed by atoms with Gasteiger partial charge in [0, 0.05) is 47.9 Å². The highest BCUT2D eigenvalue weighted by molar-refractivity contribution is 7.95. The SMILES string of the molecule is COc1ccc(CN2SN(CCc3c(C)nn(C)c3-n3ccc4cc(Cl)ccc43)[C@H](C(C)C)C2=O)cc1. The highest BCUT2D eigenvalue weighted by Crippen LogP contribution is 2.36. The van der Waals surface area contributed by atoms with Gasteiger partial charge in [0.15, 0.2) is 0 Å². The lowest BCUT2D eigenvalue weighted by Gasteiger charge is -2.22. The number of methoxy groups -OCH3 is 1. The van der Waals surface area contributed by atoms with Gasteiger partial charge in [-0.3, -0.25) is 13.8 Å². The monoisotopic (exact) mass is 537 g/mol. The molecule has 0 spiro atoms. The van der Waals surface area contributed by atoms with Gasteiger partial charge in [-0.25, -0.2) is 4.31 Å².